The summed E-state index contributed by atoms with van der Waals surface area (Å²) >= 11 is 0. The van der Waals surface area contributed by atoms with Gasteiger partial charge in [-0.25, -0.2) is 9.59 Å². The minimum atomic E-state index is -0.776. The van der Waals surface area contributed by atoms with Crippen molar-refractivity contribution in [2.24, 2.45) is 10.2 Å². The summed E-state index contributed by atoms with van der Waals surface area (Å²) in [5.41, 5.74) is 0.537. The SMILES string of the molecule is CCCCC(=O)Nc1ccc(NC(=O)C(N=Nc2cc(C(=O)OC)ccc2C(=O)OC)=C(C)O)cc1. The van der Waals surface area contributed by atoms with Gasteiger partial charge >= 0.3 is 11.9 Å². The van der Waals surface area contributed by atoms with Gasteiger partial charge in [0, 0.05) is 17.8 Å². The molecule has 0 saturated heterocycles. The molecule has 11 heteroatoms. The molecule has 0 aliphatic heterocycles. The molecule has 2 aromatic carbocycles. The monoisotopic (exact) mass is 496 g/mol. The predicted molar refractivity (Wildman–Crippen MR) is 132 cm³/mol. The highest BCUT2D eigenvalue weighted by Crippen LogP contribution is 2.25. The molecule has 0 saturated carbocycles. The summed E-state index contributed by atoms with van der Waals surface area (Å²) in [5.74, 6) is -2.71. The fourth-order valence-corrected chi connectivity index (χ4v) is 2.92. The fraction of sp³-hybridized carbons (Fsp3) is 0.280. The third-order valence-electron chi connectivity index (χ3n) is 4.82. The molecular weight excluding hydrogens is 468 g/mol. The number of aliphatic hydroxyl groups excluding tert-OH is 1. The van der Waals surface area contributed by atoms with Crippen molar-refractivity contribution in [1.82, 2.24) is 0 Å². The Bertz CT molecular complexity index is 1180. The normalized spacial score (nSPS) is 11.4. The van der Waals surface area contributed by atoms with Crippen LogP contribution in [0.1, 0.15) is 53.8 Å². The highest BCUT2D eigenvalue weighted by Gasteiger charge is 2.18. The highest BCUT2D eigenvalue weighted by molar-refractivity contribution is 6.04. The molecule has 36 heavy (non-hydrogen) atoms. The molecule has 0 radical (unpaired) electrons. The Morgan fingerprint density at radius 1 is 0.917 bits per heavy atom. The number of methoxy groups -OCH3 is 2. The van der Waals surface area contributed by atoms with Gasteiger partial charge in [-0.2, -0.15) is 0 Å². The lowest BCUT2D eigenvalue weighted by molar-refractivity contribution is -0.116. The lowest BCUT2D eigenvalue weighted by atomic mass is 10.1. The van der Waals surface area contributed by atoms with Gasteiger partial charge in [0.1, 0.15) is 11.4 Å². The first kappa shape index (κ1) is 27.7. The number of carbonyl (C=O) groups excluding carboxylic acids is 4. The van der Waals surface area contributed by atoms with E-state index in [-0.39, 0.29) is 22.7 Å². The second kappa shape index (κ2) is 13.4. The molecule has 0 fully saturated rings. The lowest BCUT2D eigenvalue weighted by Crippen LogP contribution is -2.15. The van der Waals surface area contributed by atoms with Gasteiger partial charge in [0.2, 0.25) is 5.91 Å². The summed E-state index contributed by atoms with van der Waals surface area (Å²) in [4.78, 5) is 48.5. The quantitative estimate of drug-likeness (QED) is 0.183. The molecule has 0 heterocycles. The third kappa shape index (κ3) is 7.76. The van der Waals surface area contributed by atoms with Crippen molar-refractivity contribution in [2.75, 3.05) is 24.9 Å². The van der Waals surface area contributed by atoms with Crippen molar-refractivity contribution in [3.8, 4) is 0 Å². The van der Waals surface area contributed by atoms with Crippen LogP contribution in [0.25, 0.3) is 0 Å². The van der Waals surface area contributed by atoms with Crippen LogP contribution in [0.15, 0.2) is 64.1 Å². The van der Waals surface area contributed by atoms with Crippen molar-refractivity contribution in [3.63, 3.8) is 0 Å². The van der Waals surface area contributed by atoms with E-state index in [1.807, 2.05) is 6.92 Å². The first-order valence-electron chi connectivity index (χ1n) is 11.0. The van der Waals surface area contributed by atoms with Gasteiger partial charge < -0.3 is 25.2 Å². The van der Waals surface area contributed by atoms with Gasteiger partial charge in [-0.1, -0.05) is 13.3 Å². The van der Waals surface area contributed by atoms with E-state index in [1.165, 1.54) is 39.3 Å². The highest BCUT2D eigenvalue weighted by atomic mass is 16.5. The predicted octanol–water partition coefficient (Wildman–Crippen LogP) is 4.90. The molecule has 0 atom stereocenters. The maximum Gasteiger partial charge on any atom is 0.340 e. The smallest absolute Gasteiger partial charge is 0.340 e. The molecule has 0 spiro atoms. The van der Waals surface area contributed by atoms with E-state index in [9.17, 15) is 24.3 Å². The molecule has 2 amide bonds. The number of ether oxygens (including phenoxy) is 2. The van der Waals surface area contributed by atoms with Gasteiger partial charge in [-0.3, -0.25) is 9.59 Å². The second-order valence-electron chi connectivity index (χ2n) is 7.53. The summed E-state index contributed by atoms with van der Waals surface area (Å²) < 4.78 is 9.38. The molecule has 0 bridgehead atoms. The van der Waals surface area contributed by atoms with E-state index in [1.54, 1.807) is 24.3 Å². The lowest BCUT2D eigenvalue weighted by Gasteiger charge is -2.09. The van der Waals surface area contributed by atoms with Crippen molar-refractivity contribution in [1.29, 1.82) is 0 Å². The molecule has 11 nitrogen and oxygen atoms in total. The van der Waals surface area contributed by atoms with Crippen molar-refractivity contribution < 1.29 is 33.8 Å². The van der Waals surface area contributed by atoms with Gasteiger partial charge in [0.25, 0.3) is 5.91 Å². The molecule has 2 rings (SSSR count). The van der Waals surface area contributed by atoms with Crippen LogP contribution in [0.4, 0.5) is 17.1 Å². The largest absolute Gasteiger partial charge is 0.510 e. The number of nitrogens with zero attached hydrogens (tertiary/aromatic N) is 2. The Morgan fingerprint density at radius 3 is 2.08 bits per heavy atom. The van der Waals surface area contributed by atoms with Gasteiger partial charge in [0.05, 0.1) is 25.3 Å². The Hall–Kier alpha value is -4.54. The van der Waals surface area contributed by atoms with Crippen LogP contribution >= 0.6 is 0 Å². The minimum absolute atomic E-state index is 0.0131. The van der Waals surface area contributed by atoms with Crippen LogP contribution < -0.4 is 10.6 Å². The van der Waals surface area contributed by atoms with E-state index in [0.29, 0.717) is 17.8 Å². The number of anilines is 2. The zero-order valence-corrected chi connectivity index (χ0v) is 20.5. The number of amides is 2. The van der Waals surface area contributed by atoms with E-state index in [0.717, 1.165) is 12.8 Å². The number of benzene rings is 2. The average Bonchev–Trinajstić information content (AvgIpc) is 2.87. The number of hydrogen-bond donors (Lipinski definition) is 3. The third-order valence-corrected chi connectivity index (χ3v) is 4.82. The van der Waals surface area contributed by atoms with Crippen LogP contribution in [-0.2, 0) is 19.1 Å². The molecule has 0 aromatic heterocycles. The number of esters is 2. The maximum absolute atomic E-state index is 12.7. The first-order valence-corrected chi connectivity index (χ1v) is 11.0. The molecule has 190 valence electrons. The summed E-state index contributed by atoms with van der Waals surface area (Å²) in [6, 6.07) is 10.3. The summed E-state index contributed by atoms with van der Waals surface area (Å²) in [6.07, 6.45) is 2.12. The molecule has 0 aliphatic rings. The zero-order valence-electron chi connectivity index (χ0n) is 20.5. The maximum atomic E-state index is 12.7. The Morgan fingerprint density at radius 2 is 1.53 bits per heavy atom. The van der Waals surface area contributed by atoms with Crippen molar-refractivity contribution >= 4 is 40.8 Å². The van der Waals surface area contributed by atoms with E-state index in [2.05, 4.69) is 25.6 Å². The number of nitrogens with one attached hydrogen (secondary N) is 2. The standard InChI is InChI=1S/C25H28N4O7/c1-5-6-7-21(31)26-17-9-11-18(12-10-17)27-23(32)22(15(2)30)29-28-20-14-16(24(33)35-3)8-13-19(20)25(34)36-4/h8-14,30H,5-7H2,1-4H3,(H,26,31)(H,27,32). The minimum Gasteiger partial charge on any atom is -0.510 e. The van der Waals surface area contributed by atoms with Gasteiger partial charge in [-0.05, 0) is 55.8 Å². The van der Waals surface area contributed by atoms with E-state index in [4.69, 9.17) is 4.74 Å². The van der Waals surface area contributed by atoms with Gasteiger partial charge in [0.15, 0.2) is 5.70 Å². The summed E-state index contributed by atoms with van der Waals surface area (Å²) in [5, 5.41) is 23.1. The van der Waals surface area contributed by atoms with Crippen LogP contribution in [0.3, 0.4) is 0 Å². The van der Waals surface area contributed by atoms with Crippen LogP contribution in [0, 0.1) is 0 Å². The van der Waals surface area contributed by atoms with Crippen LogP contribution in [0.5, 0.6) is 0 Å². The molecule has 0 aliphatic carbocycles. The number of hydrogen-bond acceptors (Lipinski definition) is 9. The van der Waals surface area contributed by atoms with E-state index >= 15 is 0 Å². The second-order valence-corrected chi connectivity index (χ2v) is 7.53. The topological polar surface area (TPSA) is 156 Å². The molecular formula is C25H28N4O7. The molecule has 3 N–H and O–H groups in total. The van der Waals surface area contributed by atoms with Crippen molar-refractivity contribution in [2.45, 2.75) is 33.1 Å². The number of carbonyl (C=O) groups is 4. The number of azo groups is 1. The number of aliphatic hydroxyl groups is 1. The number of allylic oxidation sites excluding steroid dienone is 1. The molecule has 0 unspecified atom stereocenters. The summed E-state index contributed by atoms with van der Waals surface area (Å²) in [7, 11) is 2.38. The van der Waals surface area contributed by atoms with Crippen LogP contribution in [-0.4, -0.2) is 43.1 Å². The van der Waals surface area contributed by atoms with Gasteiger partial charge in [-0.15, -0.1) is 10.2 Å². The zero-order chi connectivity index (χ0) is 26.7. The number of rotatable bonds is 10. The summed E-state index contributed by atoms with van der Waals surface area (Å²) in [6.45, 7) is 3.24. The van der Waals surface area contributed by atoms with Crippen LogP contribution in [0.2, 0.25) is 0 Å². The molecule has 2 aromatic rings. The number of unbranched alkanes of at least 4 members (excludes halogenated alkanes) is 1. The average molecular weight is 497 g/mol. The Kier molecular flexibility index (Phi) is 10.3. The van der Waals surface area contributed by atoms with Crippen molar-refractivity contribution in [3.05, 3.63) is 65.0 Å². The Balaban J connectivity index is 2.22. The van der Waals surface area contributed by atoms with E-state index < -0.39 is 29.3 Å². The first-order chi connectivity index (χ1) is 17.2. The Labute approximate surface area is 208 Å². The fourth-order valence-electron chi connectivity index (χ4n) is 2.92.